The quantitative estimate of drug-likeness (QED) is 0.202. The van der Waals surface area contributed by atoms with Gasteiger partial charge in [0.1, 0.15) is 27.9 Å². The Morgan fingerprint density at radius 1 is 1.06 bits per heavy atom. The maximum Gasteiger partial charge on any atom is 0.149 e. The van der Waals surface area contributed by atoms with Gasteiger partial charge in [-0.15, -0.1) is 16.7 Å². The van der Waals surface area contributed by atoms with Gasteiger partial charge < -0.3 is 19.7 Å². The molecule has 3 aromatic rings. The summed E-state index contributed by atoms with van der Waals surface area (Å²) in [5, 5.41) is 27.7. The van der Waals surface area contributed by atoms with Crippen LogP contribution in [0.1, 0.15) is 37.6 Å². The number of alkyl halides is 1. The topological polar surface area (TPSA) is 89.6 Å². The maximum atomic E-state index is 10.3. The predicted octanol–water partition coefficient (Wildman–Crippen LogP) is 5.00. The highest BCUT2D eigenvalue weighted by Crippen LogP contribution is 2.35. The number of aromatic nitrogens is 3. The lowest BCUT2D eigenvalue weighted by atomic mass is 9.78. The summed E-state index contributed by atoms with van der Waals surface area (Å²) in [4.78, 5) is 0. The fraction of sp³-hybridized carbons (Fsp3) is 0.440. The Hall–Kier alpha value is -1.15. The van der Waals surface area contributed by atoms with Crippen molar-refractivity contribution in [2.75, 3.05) is 19.1 Å². The van der Waals surface area contributed by atoms with E-state index in [1.54, 1.807) is 0 Å². The third-order valence-electron chi connectivity index (χ3n) is 5.78. The van der Waals surface area contributed by atoms with Gasteiger partial charge in [-0.25, -0.2) is 4.68 Å². The van der Waals surface area contributed by atoms with E-state index < -0.39 is 6.10 Å². The Morgan fingerprint density at radius 3 is 2.37 bits per heavy atom. The number of halogens is 3. The van der Waals surface area contributed by atoms with Crippen LogP contribution in [0.2, 0.25) is 0 Å². The summed E-state index contributed by atoms with van der Waals surface area (Å²) >= 11 is 10.2. The van der Waals surface area contributed by atoms with E-state index in [2.05, 4.69) is 65.8 Å². The highest BCUT2D eigenvalue weighted by Gasteiger charge is 2.24. The van der Waals surface area contributed by atoms with E-state index in [0.717, 1.165) is 14.9 Å². The van der Waals surface area contributed by atoms with E-state index in [1.807, 2.05) is 52.9 Å². The molecule has 0 spiro atoms. The van der Waals surface area contributed by atoms with Crippen molar-refractivity contribution in [3.05, 3.63) is 66.6 Å². The molecule has 2 atom stereocenters. The van der Waals surface area contributed by atoms with Crippen molar-refractivity contribution in [3.8, 4) is 11.5 Å². The molecule has 7 nitrogen and oxygen atoms in total. The lowest BCUT2D eigenvalue weighted by Crippen LogP contribution is -2.25. The van der Waals surface area contributed by atoms with Gasteiger partial charge in [-0.1, -0.05) is 44.2 Å². The summed E-state index contributed by atoms with van der Waals surface area (Å²) in [6, 6.07) is 14.2. The summed E-state index contributed by atoms with van der Waals surface area (Å²) in [6.45, 7) is 7.15. The molecular weight excluding hydrogens is 696 g/mol. The lowest BCUT2D eigenvalue weighted by Gasteiger charge is -2.27. The summed E-state index contributed by atoms with van der Waals surface area (Å²) in [5.41, 5.74) is 2.70. The summed E-state index contributed by atoms with van der Waals surface area (Å²) in [7, 11) is 0. The van der Waals surface area contributed by atoms with Crippen LogP contribution in [-0.2, 0) is 18.6 Å². The molecule has 0 aliphatic rings. The molecule has 0 amide bonds. The van der Waals surface area contributed by atoms with Crippen LogP contribution < -0.4 is 9.47 Å². The zero-order chi connectivity index (χ0) is 25.6. The number of nitrogens with zero attached hydrogens (tertiary/aromatic N) is 3. The molecule has 0 bridgehead atoms. The molecule has 35 heavy (non-hydrogen) atoms. The third-order valence-corrected chi connectivity index (χ3v) is 7.99. The molecule has 3 rings (SSSR count). The minimum absolute atomic E-state index is 0.103. The molecule has 0 aliphatic carbocycles. The molecule has 0 saturated carbocycles. The minimum Gasteiger partial charge on any atom is -0.492 e. The highest BCUT2D eigenvalue weighted by atomic mass is 127. The van der Waals surface area contributed by atoms with Crippen molar-refractivity contribution >= 4 is 56.8 Å². The first kappa shape index (κ1) is 28.4. The van der Waals surface area contributed by atoms with Crippen LogP contribution in [0.15, 0.2) is 42.5 Å². The molecule has 2 unspecified atom stereocenters. The fourth-order valence-electron chi connectivity index (χ4n) is 3.47. The number of hydrogen-bond acceptors (Lipinski definition) is 6. The van der Waals surface area contributed by atoms with Gasteiger partial charge in [-0.2, -0.15) is 0 Å². The Balaban J connectivity index is 1.61. The maximum absolute atomic E-state index is 10.3. The predicted molar refractivity (Wildman–Crippen MR) is 153 cm³/mol. The first-order valence-corrected chi connectivity index (χ1v) is 13.9. The Labute approximate surface area is 238 Å². The molecule has 0 fully saturated rings. The number of rotatable bonds is 12. The first-order chi connectivity index (χ1) is 16.6. The first-order valence-electron chi connectivity index (χ1n) is 11.2. The summed E-state index contributed by atoms with van der Waals surface area (Å²) in [5.74, 6) is 2.42. The fourth-order valence-corrected chi connectivity index (χ4v) is 4.77. The van der Waals surface area contributed by atoms with E-state index in [4.69, 9.17) is 21.1 Å². The van der Waals surface area contributed by atoms with Gasteiger partial charge in [0, 0.05) is 17.2 Å². The van der Waals surface area contributed by atoms with Crippen molar-refractivity contribution in [1.29, 1.82) is 0 Å². The van der Waals surface area contributed by atoms with Crippen molar-refractivity contribution in [2.45, 2.75) is 45.4 Å². The molecule has 1 aromatic heterocycles. The normalized spacial score (nSPS) is 13.5. The Morgan fingerprint density at radius 2 is 1.74 bits per heavy atom. The standard InChI is InChI=1S/C25H30ClI2N3O4/c1-16(11-26)14-35-23-9-6-18(10-21(23)27)25(2,3)17-4-7-20(8-5-17)34-15-19(33)12-31-22(13-32)24(28)29-30-31/h4-10,16,19,32-33H,11-15H2,1-3H3. The average Bonchev–Trinajstić information content (AvgIpc) is 3.20. The number of aliphatic hydroxyl groups excluding tert-OH is 2. The molecule has 190 valence electrons. The second-order valence-electron chi connectivity index (χ2n) is 9.00. The van der Waals surface area contributed by atoms with Crippen LogP contribution in [0.25, 0.3) is 0 Å². The van der Waals surface area contributed by atoms with Crippen molar-refractivity contribution in [1.82, 2.24) is 15.0 Å². The molecule has 2 aromatic carbocycles. The number of benzene rings is 2. The van der Waals surface area contributed by atoms with E-state index in [9.17, 15) is 10.2 Å². The monoisotopic (exact) mass is 725 g/mol. The number of hydrogen-bond donors (Lipinski definition) is 2. The van der Waals surface area contributed by atoms with Crippen molar-refractivity contribution in [2.24, 2.45) is 5.92 Å². The van der Waals surface area contributed by atoms with E-state index in [-0.39, 0.29) is 25.2 Å². The van der Waals surface area contributed by atoms with Gasteiger partial charge in [0.2, 0.25) is 0 Å². The number of aliphatic hydroxyl groups is 2. The molecule has 0 aliphatic heterocycles. The van der Waals surface area contributed by atoms with Crippen LogP contribution >= 0.6 is 56.8 Å². The van der Waals surface area contributed by atoms with Crippen LogP contribution in [0.5, 0.6) is 11.5 Å². The molecular formula is C25H30ClI2N3O4. The van der Waals surface area contributed by atoms with Gasteiger partial charge in [-0.3, -0.25) is 0 Å². The average molecular weight is 726 g/mol. The van der Waals surface area contributed by atoms with Gasteiger partial charge in [-0.05, 0) is 80.6 Å². The Bertz CT molecular complexity index is 1110. The second kappa shape index (κ2) is 12.9. The number of ether oxygens (including phenoxy) is 2. The van der Waals surface area contributed by atoms with Crippen molar-refractivity contribution in [3.63, 3.8) is 0 Å². The largest absolute Gasteiger partial charge is 0.492 e. The summed E-state index contributed by atoms with van der Waals surface area (Å²) in [6.07, 6.45) is -0.788. The van der Waals surface area contributed by atoms with Gasteiger partial charge in [0.05, 0.1) is 29.0 Å². The molecule has 0 saturated heterocycles. The van der Waals surface area contributed by atoms with Crippen LogP contribution in [-0.4, -0.2) is 50.4 Å². The lowest BCUT2D eigenvalue weighted by molar-refractivity contribution is 0.0866. The zero-order valence-electron chi connectivity index (χ0n) is 19.9. The SMILES string of the molecule is CC(CCl)COc1ccc(C(C)(C)c2ccc(OCC(O)Cn3nnc(I)c3CO)cc2)cc1I. The molecule has 0 radical (unpaired) electrons. The van der Waals surface area contributed by atoms with Crippen molar-refractivity contribution < 1.29 is 19.7 Å². The van der Waals surface area contributed by atoms with Crippen LogP contribution in [0.3, 0.4) is 0 Å². The van der Waals surface area contributed by atoms with Crippen LogP contribution in [0.4, 0.5) is 0 Å². The highest BCUT2D eigenvalue weighted by molar-refractivity contribution is 14.1. The van der Waals surface area contributed by atoms with E-state index >= 15 is 0 Å². The molecule has 10 heteroatoms. The van der Waals surface area contributed by atoms with Gasteiger partial charge in [0.25, 0.3) is 0 Å². The van der Waals surface area contributed by atoms with Gasteiger partial charge in [0.15, 0.2) is 0 Å². The van der Waals surface area contributed by atoms with Crippen LogP contribution in [0, 0.1) is 13.2 Å². The molecule has 2 N–H and O–H groups in total. The zero-order valence-corrected chi connectivity index (χ0v) is 25.0. The third kappa shape index (κ3) is 7.43. The van der Waals surface area contributed by atoms with Gasteiger partial charge >= 0.3 is 0 Å². The molecule has 1 heterocycles. The Kier molecular flexibility index (Phi) is 10.5. The minimum atomic E-state index is -0.788. The summed E-state index contributed by atoms with van der Waals surface area (Å²) < 4.78 is 14.9. The smallest absolute Gasteiger partial charge is 0.149 e. The van der Waals surface area contributed by atoms with E-state index in [1.165, 1.54) is 10.2 Å². The second-order valence-corrected chi connectivity index (χ2v) is 11.5. The van der Waals surface area contributed by atoms with E-state index in [0.29, 0.717) is 33.5 Å².